The van der Waals surface area contributed by atoms with Crippen molar-refractivity contribution in [3.05, 3.63) is 23.0 Å². The SMILES string of the molecule is CC1=CC2=C3C(=O)NC(=O)C3C1(CC(=O)O)O2. The average Bonchev–Trinajstić information content (AvgIpc) is 2.76. The van der Waals surface area contributed by atoms with Crippen LogP contribution in [0.1, 0.15) is 13.3 Å². The van der Waals surface area contributed by atoms with Crippen LogP contribution in [-0.2, 0) is 19.1 Å². The first-order valence-electron chi connectivity index (χ1n) is 5.14. The summed E-state index contributed by atoms with van der Waals surface area (Å²) in [7, 11) is 0. The molecule has 88 valence electrons. The first kappa shape index (κ1) is 10.1. The topological polar surface area (TPSA) is 92.7 Å². The van der Waals surface area contributed by atoms with Gasteiger partial charge in [-0.3, -0.25) is 19.7 Å². The molecule has 0 aromatic rings. The predicted molar refractivity (Wildman–Crippen MR) is 53.5 cm³/mol. The molecule has 0 saturated carbocycles. The molecule has 2 N–H and O–H groups in total. The number of carbonyl (C=O) groups is 3. The minimum absolute atomic E-state index is 0.266. The Hall–Kier alpha value is -2.11. The second kappa shape index (κ2) is 2.77. The van der Waals surface area contributed by atoms with Crippen molar-refractivity contribution >= 4 is 17.8 Å². The Labute approximate surface area is 95.9 Å². The maximum Gasteiger partial charge on any atom is 0.307 e. The third kappa shape index (κ3) is 1.02. The third-order valence-electron chi connectivity index (χ3n) is 3.49. The number of allylic oxidation sites excluding steroid dienone is 1. The number of carboxylic acids is 1. The van der Waals surface area contributed by atoms with Gasteiger partial charge >= 0.3 is 5.97 Å². The van der Waals surface area contributed by atoms with Crippen molar-refractivity contribution < 1.29 is 24.2 Å². The van der Waals surface area contributed by atoms with Gasteiger partial charge in [0.05, 0.1) is 12.0 Å². The van der Waals surface area contributed by atoms with Crippen molar-refractivity contribution in [1.82, 2.24) is 5.32 Å². The standard InChI is InChI=1S/C11H9NO5/c1-4-2-5-7-8(10(16)12-9(7)15)11(4,17-5)3-6(13)14/h2,8H,3H2,1H3,(H,13,14)(H,12,15,16). The van der Waals surface area contributed by atoms with Gasteiger partial charge in [0.1, 0.15) is 11.7 Å². The largest absolute Gasteiger partial charge is 0.481 e. The van der Waals surface area contributed by atoms with Gasteiger partial charge in [-0.25, -0.2) is 0 Å². The maximum absolute atomic E-state index is 11.7. The van der Waals surface area contributed by atoms with Gasteiger partial charge in [0.25, 0.3) is 5.91 Å². The Morgan fingerprint density at radius 1 is 1.59 bits per heavy atom. The van der Waals surface area contributed by atoms with Crippen LogP contribution in [0.3, 0.4) is 0 Å². The van der Waals surface area contributed by atoms with Crippen molar-refractivity contribution in [2.75, 3.05) is 0 Å². The molecule has 0 spiro atoms. The highest BCUT2D eigenvalue weighted by Gasteiger charge is 2.63. The fourth-order valence-electron chi connectivity index (χ4n) is 2.76. The van der Waals surface area contributed by atoms with Crippen LogP contribution in [-0.4, -0.2) is 28.5 Å². The van der Waals surface area contributed by atoms with Gasteiger partial charge in [0, 0.05) is 0 Å². The number of imide groups is 1. The summed E-state index contributed by atoms with van der Waals surface area (Å²) < 4.78 is 5.52. The van der Waals surface area contributed by atoms with Crippen LogP contribution in [0.4, 0.5) is 0 Å². The van der Waals surface area contributed by atoms with E-state index < -0.39 is 29.3 Å². The number of rotatable bonds is 2. The summed E-state index contributed by atoms with van der Waals surface area (Å²) in [4.78, 5) is 34.2. The van der Waals surface area contributed by atoms with Crippen molar-refractivity contribution in [2.45, 2.75) is 18.9 Å². The number of ether oxygens (including phenoxy) is 1. The van der Waals surface area contributed by atoms with Crippen molar-refractivity contribution in [3.8, 4) is 0 Å². The molecule has 6 nitrogen and oxygen atoms in total. The molecular formula is C11H9NO5. The van der Waals surface area contributed by atoms with Crippen LogP contribution in [0, 0.1) is 5.92 Å². The fraction of sp³-hybridized carbons (Fsp3) is 0.364. The van der Waals surface area contributed by atoms with Gasteiger partial charge in [-0.15, -0.1) is 0 Å². The Morgan fingerprint density at radius 3 is 2.94 bits per heavy atom. The second-order valence-corrected chi connectivity index (χ2v) is 4.42. The van der Waals surface area contributed by atoms with Gasteiger partial charge in [-0.1, -0.05) is 0 Å². The number of carboxylic acid groups (broad SMARTS) is 1. The molecule has 2 amide bonds. The van der Waals surface area contributed by atoms with Crippen LogP contribution in [0.25, 0.3) is 0 Å². The average molecular weight is 235 g/mol. The lowest BCUT2D eigenvalue weighted by molar-refractivity contribution is -0.143. The summed E-state index contributed by atoms with van der Waals surface area (Å²) in [6.07, 6.45) is 1.31. The molecule has 17 heavy (non-hydrogen) atoms. The lowest BCUT2D eigenvalue weighted by Crippen LogP contribution is -2.43. The van der Waals surface area contributed by atoms with E-state index in [1.54, 1.807) is 13.0 Å². The van der Waals surface area contributed by atoms with Crippen molar-refractivity contribution in [1.29, 1.82) is 0 Å². The molecule has 3 aliphatic heterocycles. The number of fused-ring (bicyclic) bond motifs is 4. The molecule has 3 aliphatic rings. The highest BCUT2D eigenvalue weighted by molar-refractivity contribution is 6.17. The maximum atomic E-state index is 11.7. The van der Waals surface area contributed by atoms with E-state index >= 15 is 0 Å². The number of carbonyl (C=O) groups excluding carboxylic acids is 2. The molecule has 2 atom stereocenters. The first-order chi connectivity index (χ1) is 7.95. The molecule has 2 unspecified atom stereocenters. The van der Waals surface area contributed by atoms with E-state index in [2.05, 4.69) is 5.32 Å². The van der Waals surface area contributed by atoms with E-state index in [1.807, 2.05) is 0 Å². The zero-order chi connectivity index (χ0) is 12.4. The molecule has 2 bridgehead atoms. The van der Waals surface area contributed by atoms with Crippen LogP contribution in [0.15, 0.2) is 23.0 Å². The molecule has 0 aromatic carbocycles. The van der Waals surface area contributed by atoms with E-state index in [4.69, 9.17) is 9.84 Å². The minimum Gasteiger partial charge on any atom is -0.481 e. The van der Waals surface area contributed by atoms with Crippen LogP contribution < -0.4 is 5.32 Å². The Balaban J connectivity index is 2.15. The summed E-state index contributed by atoms with van der Waals surface area (Å²) in [6.45, 7) is 1.71. The van der Waals surface area contributed by atoms with Gasteiger partial charge in [-0.2, -0.15) is 0 Å². The zero-order valence-electron chi connectivity index (χ0n) is 8.94. The van der Waals surface area contributed by atoms with Crippen molar-refractivity contribution in [3.63, 3.8) is 0 Å². The molecule has 6 heteroatoms. The highest BCUT2D eigenvalue weighted by Crippen LogP contribution is 2.53. The minimum atomic E-state index is -1.20. The van der Waals surface area contributed by atoms with Crippen molar-refractivity contribution in [2.24, 2.45) is 5.92 Å². The Morgan fingerprint density at radius 2 is 2.29 bits per heavy atom. The molecule has 1 fully saturated rings. The molecule has 1 saturated heterocycles. The number of hydrogen-bond acceptors (Lipinski definition) is 4. The van der Waals surface area contributed by atoms with E-state index in [-0.39, 0.29) is 12.0 Å². The van der Waals surface area contributed by atoms with Gasteiger partial charge in [0.15, 0.2) is 5.60 Å². The molecule has 3 heterocycles. The van der Waals surface area contributed by atoms with Gasteiger partial charge in [-0.05, 0) is 18.6 Å². The number of hydrogen-bond donors (Lipinski definition) is 2. The fourth-order valence-corrected chi connectivity index (χ4v) is 2.76. The van der Waals surface area contributed by atoms with Gasteiger partial charge in [0.2, 0.25) is 5.91 Å². The van der Waals surface area contributed by atoms with E-state index in [9.17, 15) is 14.4 Å². The summed E-state index contributed by atoms with van der Waals surface area (Å²) in [5, 5.41) is 11.1. The van der Waals surface area contributed by atoms with Crippen LogP contribution in [0.2, 0.25) is 0 Å². The smallest absolute Gasteiger partial charge is 0.307 e. The third-order valence-corrected chi connectivity index (χ3v) is 3.49. The van der Waals surface area contributed by atoms with E-state index in [0.717, 1.165) is 0 Å². The van der Waals surface area contributed by atoms with E-state index in [1.165, 1.54) is 0 Å². The summed E-state index contributed by atoms with van der Waals surface area (Å²) in [6, 6.07) is 0. The molecular weight excluding hydrogens is 226 g/mol. The number of aliphatic carboxylic acids is 1. The van der Waals surface area contributed by atoms with E-state index in [0.29, 0.717) is 11.3 Å². The summed E-state index contributed by atoms with van der Waals surface area (Å²) in [5.74, 6) is -2.50. The highest BCUT2D eigenvalue weighted by atomic mass is 16.5. The molecule has 3 rings (SSSR count). The summed E-state index contributed by atoms with van der Waals surface area (Å²) >= 11 is 0. The van der Waals surface area contributed by atoms with Gasteiger partial charge < -0.3 is 9.84 Å². The van der Waals surface area contributed by atoms with Crippen LogP contribution >= 0.6 is 0 Å². The molecule has 0 radical (unpaired) electrons. The monoisotopic (exact) mass is 235 g/mol. The lowest BCUT2D eigenvalue weighted by atomic mass is 9.75. The summed E-state index contributed by atoms with van der Waals surface area (Å²) in [5.41, 5.74) is -0.262. The predicted octanol–water partition coefficient (Wildman–Crippen LogP) is -0.283. The number of nitrogens with one attached hydrogen (secondary N) is 1. The Bertz CT molecular complexity index is 544. The molecule has 0 aromatic heterocycles. The quantitative estimate of drug-likeness (QED) is 0.642. The zero-order valence-corrected chi connectivity index (χ0v) is 8.94. The second-order valence-electron chi connectivity index (χ2n) is 4.42. The normalized spacial score (nSPS) is 33.5. The number of amides is 2. The van der Waals surface area contributed by atoms with Crippen LogP contribution in [0.5, 0.6) is 0 Å². The molecule has 0 aliphatic carbocycles. The Kier molecular flexibility index (Phi) is 1.64. The lowest BCUT2D eigenvalue weighted by Gasteiger charge is -2.29. The first-order valence-corrected chi connectivity index (χ1v) is 5.14.